The van der Waals surface area contributed by atoms with Crippen LogP contribution in [0.5, 0.6) is 0 Å². The fraction of sp³-hybridized carbons (Fsp3) is 1.00. The van der Waals surface area contributed by atoms with Gasteiger partial charge < -0.3 is 9.80 Å². The lowest BCUT2D eigenvalue weighted by molar-refractivity contribution is 0.112. The van der Waals surface area contributed by atoms with E-state index in [0.717, 1.165) is 31.8 Å². The summed E-state index contributed by atoms with van der Waals surface area (Å²) < 4.78 is 13.0. The topological polar surface area (TPSA) is 6.48 Å². The molecular formula is C14H29FN2. The Labute approximate surface area is 106 Å². The molecule has 2 rings (SSSR count). The molecule has 0 radical (unpaired) electrons. The molecule has 0 aromatic rings. The number of alkyl halides is 1. The molecule has 0 N–H and O–H groups in total. The van der Waals surface area contributed by atoms with E-state index in [2.05, 4.69) is 16.8 Å². The van der Waals surface area contributed by atoms with Crippen molar-refractivity contribution in [3.05, 3.63) is 0 Å². The molecule has 0 aromatic heterocycles. The highest BCUT2D eigenvalue weighted by molar-refractivity contribution is 4.77. The third-order valence-corrected chi connectivity index (χ3v) is 3.87. The van der Waals surface area contributed by atoms with Crippen LogP contribution in [0.25, 0.3) is 0 Å². The molecule has 0 bridgehead atoms. The Balaban J connectivity index is 0.000000686. The zero-order chi connectivity index (χ0) is 12.7. The summed E-state index contributed by atoms with van der Waals surface area (Å²) in [4.78, 5) is 4.87. The van der Waals surface area contributed by atoms with Gasteiger partial charge in [-0.2, -0.15) is 0 Å². The molecule has 0 atom stereocenters. The van der Waals surface area contributed by atoms with E-state index in [1.807, 2.05) is 13.8 Å². The smallest absolute Gasteiger partial charge is 0.103 e. The van der Waals surface area contributed by atoms with Gasteiger partial charge in [-0.05, 0) is 51.7 Å². The Kier molecular flexibility index (Phi) is 7.05. The van der Waals surface area contributed by atoms with E-state index < -0.39 is 6.17 Å². The fourth-order valence-corrected chi connectivity index (χ4v) is 2.69. The van der Waals surface area contributed by atoms with Crippen molar-refractivity contribution in [1.82, 2.24) is 9.80 Å². The van der Waals surface area contributed by atoms with Crippen molar-refractivity contribution < 1.29 is 4.39 Å². The average molecular weight is 244 g/mol. The molecule has 2 nitrogen and oxygen atoms in total. The predicted octanol–water partition coefficient (Wildman–Crippen LogP) is 2.79. The van der Waals surface area contributed by atoms with Crippen molar-refractivity contribution in [3.63, 3.8) is 0 Å². The quantitative estimate of drug-likeness (QED) is 0.737. The van der Waals surface area contributed by atoms with Crippen LogP contribution < -0.4 is 0 Å². The normalized spacial score (nSPS) is 25.4. The molecule has 17 heavy (non-hydrogen) atoms. The lowest BCUT2D eigenvalue weighted by Gasteiger charge is -2.35. The molecule has 2 aliphatic heterocycles. The first-order chi connectivity index (χ1) is 8.24. The molecular weight excluding hydrogens is 215 g/mol. The van der Waals surface area contributed by atoms with Crippen molar-refractivity contribution in [2.24, 2.45) is 5.92 Å². The van der Waals surface area contributed by atoms with Gasteiger partial charge in [-0.1, -0.05) is 13.8 Å². The minimum absolute atomic E-state index is 0.529. The van der Waals surface area contributed by atoms with Gasteiger partial charge >= 0.3 is 0 Å². The molecule has 2 heterocycles. The lowest BCUT2D eigenvalue weighted by atomic mass is 9.95. The zero-order valence-corrected chi connectivity index (χ0v) is 11.8. The molecule has 0 spiro atoms. The summed E-state index contributed by atoms with van der Waals surface area (Å²) in [5, 5.41) is 0. The van der Waals surface area contributed by atoms with Gasteiger partial charge in [0.2, 0.25) is 0 Å². The lowest BCUT2D eigenvalue weighted by Crippen LogP contribution is -2.41. The van der Waals surface area contributed by atoms with Crippen molar-refractivity contribution in [1.29, 1.82) is 0 Å². The Bertz CT molecular complexity index is 163. The minimum atomic E-state index is -0.529. The van der Waals surface area contributed by atoms with Gasteiger partial charge in [-0.3, -0.25) is 0 Å². The predicted molar refractivity (Wildman–Crippen MR) is 72.1 cm³/mol. The number of nitrogens with zero attached hydrogens (tertiary/aromatic N) is 2. The SMILES string of the molecule is CC.CN1CCC(CN2CCC(F)CC2)CC1. The van der Waals surface area contributed by atoms with Crippen LogP contribution in [0.4, 0.5) is 4.39 Å². The van der Waals surface area contributed by atoms with Gasteiger partial charge in [0.15, 0.2) is 0 Å². The number of piperidine rings is 2. The molecule has 2 aliphatic rings. The third-order valence-electron chi connectivity index (χ3n) is 3.87. The summed E-state index contributed by atoms with van der Waals surface area (Å²) in [5.74, 6) is 0.859. The summed E-state index contributed by atoms with van der Waals surface area (Å²) >= 11 is 0. The average Bonchev–Trinajstić information content (AvgIpc) is 2.37. The van der Waals surface area contributed by atoms with Crippen LogP contribution in [0.15, 0.2) is 0 Å². The molecule has 0 aromatic carbocycles. The second kappa shape index (κ2) is 8.04. The molecule has 3 heteroatoms. The molecule has 2 saturated heterocycles. The highest BCUT2D eigenvalue weighted by atomic mass is 19.1. The maximum absolute atomic E-state index is 13.0. The number of likely N-dealkylation sites (tertiary alicyclic amines) is 2. The minimum Gasteiger partial charge on any atom is -0.306 e. The molecule has 0 aliphatic carbocycles. The maximum atomic E-state index is 13.0. The fourth-order valence-electron chi connectivity index (χ4n) is 2.69. The van der Waals surface area contributed by atoms with Gasteiger partial charge in [-0.15, -0.1) is 0 Å². The van der Waals surface area contributed by atoms with E-state index >= 15 is 0 Å². The van der Waals surface area contributed by atoms with Crippen LogP contribution in [0.2, 0.25) is 0 Å². The highest BCUT2D eigenvalue weighted by Gasteiger charge is 2.23. The third kappa shape index (κ3) is 5.35. The van der Waals surface area contributed by atoms with E-state index in [1.54, 1.807) is 0 Å². The van der Waals surface area contributed by atoms with E-state index in [9.17, 15) is 4.39 Å². The first-order valence-corrected chi connectivity index (χ1v) is 7.29. The van der Waals surface area contributed by atoms with Crippen molar-refractivity contribution >= 4 is 0 Å². The first-order valence-electron chi connectivity index (χ1n) is 7.29. The largest absolute Gasteiger partial charge is 0.306 e. The second-order valence-electron chi connectivity index (χ2n) is 5.22. The molecule has 0 unspecified atom stereocenters. The Hall–Kier alpha value is -0.150. The molecule has 102 valence electrons. The first kappa shape index (κ1) is 14.9. The van der Waals surface area contributed by atoms with E-state index in [-0.39, 0.29) is 0 Å². The van der Waals surface area contributed by atoms with Gasteiger partial charge in [0.25, 0.3) is 0 Å². The van der Waals surface area contributed by atoms with Crippen molar-refractivity contribution in [2.45, 2.75) is 45.7 Å². The van der Waals surface area contributed by atoms with Crippen molar-refractivity contribution in [2.75, 3.05) is 39.8 Å². The molecule has 0 saturated carbocycles. The van der Waals surface area contributed by atoms with Crippen LogP contribution >= 0.6 is 0 Å². The van der Waals surface area contributed by atoms with Gasteiger partial charge in [-0.25, -0.2) is 4.39 Å². The van der Waals surface area contributed by atoms with E-state index in [4.69, 9.17) is 0 Å². The highest BCUT2D eigenvalue weighted by Crippen LogP contribution is 2.20. The summed E-state index contributed by atoms with van der Waals surface area (Å²) in [6, 6.07) is 0. The number of halogens is 1. The van der Waals surface area contributed by atoms with Crippen molar-refractivity contribution in [3.8, 4) is 0 Å². The summed E-state index contributed by atoms with van der Waals surface area (Å²) in [5.41, 5.74) is 0. The number of hydrogen-bond donors (Lipinski definition) is 0. The van der Waals surface area contributed by atoms with Gasteiger partial charge in [0, 0.05) is 19.6 Å². The van der Waals surface area contributed by atoms with Crippen LogP contribution in [-0.2, 0) is 0 Å². The van der Waals surface area contributed by atoms with Crippen LogP contribution in [-0.4, -0.2) is 55.7 Å². The Morgan fingerprint density at radius 1 is 0.941 bits per heavy atom. The van der Waals surface area contributed by atoms with Gasteiger partial charge in [0.05, 0.1) is 0 Å². The molecule has 2 fully saturated rings. The van der Waals surface area contributed by atoms with Crippen LogP contribution in [0.1, 0.15) is 39.5 Å². The molecule has 0 amide bonds. The van der Waals surface area contributed by atoms with Crippen LogP contribution in [0.3, 0.4) is 0 Å². The zero-order valence-electron chi connectivity index (χ0n) is 11.8. The number of hydrogen-bond acceptors (Lipinski definition) is 2. The monoisotopic (exact) mass is 244 g/mol. The van der Waals surface area contributed by atoms with E-state index in [1.165, 1.54) is 32.5 Å². The standard InChI is InChI=1S/C12H23FN2.C2H6/c1-14-6-2-11(3-7-14)10-15-8-4-12(13)5-9-15;1-2/h11-12H,2-10H2,1H3;1-2H3. The maximum Gasteiger partial charge on any atom is 0.103 e. The summed E-state index contributed by atoms with van der Waals surface area (Å²) in [6.45, 7) is 9.65. The summed E-state index contributed by atoms with van der Waals surface area (Å²) in [7, 11) is 2.20. The Morgan fingerprint density at radius 3 is 2.00 bits per heavy atom. The number of rotatable bonds is 2. The second-order valence-corrected chi connectivity index (χ2v) is 5.22. The Morgan fingerprint density at radius 2 is 1.47 bits per heavy atom. The van der Waals surface area contributed by atoms with Gasteiger partial charge in [0.1, 0.15) is 6.17 Å². The van der Waals surface area contributed by atoms with Crippen LogP contribution in [0, 0.1) is 5.92 Å². The summed E-state index contributed by atoms with van der Waals surface area (Å²) in [6.07, 6.45) is 3.64. The van der Waals surface area contributed by atoms with E-state index in [0.29, 0.717) is 0 Å².